The van der Waals surface area contributed by atoms with Crippen molar-refractivity contribution in [3.8, 4) is 5.75 Å². The number of piperazine rings is 1. The van der Waals surface area contributed by atoms with Crippen LogP contribution in [0.4, 0.5) is 5.69 Å². The molecule has 0 radical (unpaired) electrons. The molecule has 0 atom stereocenters. The number of carbonyl (C=O) groups excluding carboxylic acids is 1. The summed E-state index contributed by atoms with van der Waals surface area (Å²) in [4.78, 5) is 16.4. The molecule has 0 bridgehead atoms. The Bertz CT molecular complexity index is 924. The first-order chi connectivity index (χ1) is 13.3. The summed E-state index contributed by atoms with van der Waals surface area (Å²) in [5, 5.41) is 0. The standard InChI is InChI=1S/C20H25N3O4S/c1-16-14-18(28(25,26)21-17-6-4-3-5-7-17)8-9-19(16)27-15-20(24)23-12-10-22(2)11-13-23/h3-9,14,21H,10-13,15H2,1-2H3. The van der Waals surface area contributed by atoms with Crippen LogP contribution in [0.1, 0.15) is 5.56 Å². The van der Waals surface area contributed by atoms with Crippen molar-refractivity contribution < 1.29 is 17.9 Å². The first-order valence-corrected chi connectivity index (χ1v) is 10.6. The third-order valence-corrected chi connectivity index (χ3v) is 6.07. The maximum Gasteiger partial charge on any atom is 0.261 e. The Morgan fingerprint density at radius 1 is 1.07 bits per heavy atom. The van der Waals surface area contributed by atoms with E-state index in [4.69, 9.17) is 4.74 Å². The molecule has 0 aliphatic carbocycles. The Balaban J connectivity index is 1.63. The molecule has 1 fully saturated rings. The van der Waals surface area contributed by atoms with Crippen LogP contribution in [-0.2, 0) is 14.8 Å². The lowest BCUT2D eigenvalue weighted by atomic mass is 10.2. The number of aryl methyl sites for hydroxylation is 1. The predicted octanol–water partition coefficient (Wildman–Crippen LogP) is 1.95. The molecule has 1 amide bonds. The molecular weight excluding hydrogens is 378 g/mol. The zero-order chi connectivity index (χ0) is 20.1. The molecule has 1 heterocycles. The van der Waals surface area contributed by atoms with Crippen LogP contribution in [-0.4, -0.2) is 64.0 Å². The van der Waals surface area contributed by atoms with Gasteiger partial charge in [0.1, 0.15) is 5.75 Å². The van der Waals surface area contributed by atoms with Gasteiger partial charge in [-0.25, -0.2) is 8.42 Å². The number of sulfonamides is 1. The number of anilines is 1. The van der Waals surface area contributed by atoms with E-state index in [1.807, 2.05) is 13.1 Å². The molecular formula is C20H25N3O4S. The Morgan fingerprint density at radius 2 is 1.75 bits per heavy atom. The van der Waals surface area contributed by atoms with Crippen molar-refractivity contribution in [1.29, 1.82) is 0 Å². The smallest absolute Gasteiger partial charge is 0.261 e. The van der Waals surface area contributed by atoms with Gasteiger partial charge in [-0.1, -0.05) is 18.2 Å². The maximum absolute atomic E-state index is 12.5. The second kappa shape index (κ2) is 8.62. The fourth-order valence-corrected chi connectivity index (χ4v) is 4.10. The molecule has 1 aliphatic rings. The highest BCUT2D eigenvalue weighted by molar-refractivity contribution is 7.92. The van der Waals surface area contributed by atoms with E-state index in [2.05, 4.69) is 9.62 Å². The monoisotopic (exact) mass is 403 g/mol. The second-order valence-corrected chi connectivity index (χ2v) is 8.55. The van der Waals surface area contributed by atoms with Crippen LogP contribution in [0.25, 0.3) is 0 Å². The summed E-state index contributed by atoms with van der Waals surface area (Å²) in [7, 11) is -1.66. The van der Waals surface area contributed by atoms with Crippen LogP contribution in [0.3, 0.4) is 0 Å². The van der Waals surface area contributed by atoms with Gasteiger partial charge in [0.05, 0.1) is 4.90 Å². The van der Waals surface area contributed by atoms with Crippen LogP contribution >= 0.6 is 0 Å². The van der Waals surface area contributed by atoms with E-state index in [-0.39, 0.29) is 17.4 Å². The lowest BCUT2D eigenvalue weighted by molar-refractivity contribution is -0.134. The topological polar surface area (TPSA) is 78.9 Å². The van der Waals surface area contributed by atoms with Crippen LogP contribution < -0.4 is 9.46 Å². The van der Waals surface area contributed by atoms with E-state index in [1.165, 1.54) is 6.07 Å². The van der Waals surface area contributed by atoms with Crippen molar-refractivity contribution in [2.24, 2.45) is 0 Å². The molecule has 150 valence electrons. The van der Waals surface area contributed by atoms with Gasteiger partial charge in [-0.2, -0.15) is 0 Å². The van der Waals surface area contributed by atoms with Crippen molar-refractivity contribution in [3.63, 3.8) is 0 Å². The molecule has 0 aromatic heterocycles. The van der Waals surface area contributed by atoms with E-state index in [0.717, 1.165) is 13.1 Å². The largest absolute Gasteiger partial charge is 0.483 e. The summed E-state index contributed by atoms with van der Waals surface area (Å²) in [5.41, 5.74) is 1.15. The van der Waals surface area contributed by atoms with Crippen molar-refractivity contribution in [2.75, 3.05) is 44.6 Å². The van der Waals surface area contributed by atoms with Crippen LogP contribution in [0, 0.1) is 6.92 Å². The number of likely N-dealkylation sites (N-methyl/N-ethyl adjacent to an activating group) is 1. The number of nitrogens with zero attached hydrogens (tertiary/aromatic N) is 2. The molecule has 1 saturated heterocycles. The number of ether oxygens (including phenoxy) is 1. The Morgan fingerprint density at radius 3 is 2.39 bits per heavy atom. The molecule has 0 unspecified atom stereocenters. The number of rotatable bonds is 6. The number of nitrogens with one attached hydrogen (secondary N) is 1. The van der Waals surface area contributed by atoms with E-state index < -0.39 is 10.0 Å². The quantitative estimate of drug-likeness (QED) is 0.798. The van der Waals surface area contributed by atoms with Crippen LogP contribution in [0.15, 0.2) is 53.4 Å². The van der Waals surface area contributed by atoms with E-state index in [1.54, 1.807) is 48.2 Å². The van der Waals surface area contributed by atoms with Crippen LogP contribution in [0.5, 0.6) is 5.75 Å². The fourth-order valence-electron chi connectivity index (χ4n) is 2.96. The summed E-state index contributed by atoms with van der Waals surface area (Å²) in [6.45, 7) is 4.80. The van der Waals surface area contributed by atoms with Gasteiger partial charge in [-0.05, 0) is 49.9 Å². The number of hydrogen-bond acceptors (Lipinski definition) is 5. The number of para-hydroxylation sites is 1. The molecule has 28 heavy (non-hydrogen) atoms. The lowest BCUT2D eigenvalue weighted by Crippen LogP contribution is -2.48. The fraction of sp³-hybridized carbons (Fsp3) is 0.350. The lowest BCUT2D eigenvalue weighted by Gasteiger charge is -2.32. The van der Waals surface area contributed by atoms with E-state index in [0.29, 0.717) is 30.1 Å². The minimum Gasteiger partial charge on any atom is -0.483 e. The molecule has 1 N–H and O–H groups in total. The summed E-state index contributed by atoms with van der Waals surface area (Å²) in [6.07, 6.45) is 0. The molecule has 2 aromatic carbocycles. The highest BCUT2D eigenvalue weighted by Gasteiger charge is 2.20. The zero-order valence-electron chi connectivity index (χ0n) is 16.1. The summed E-state index contributed by atoms with van der Waals surface area (Å²) < 4.78 is 33.3. The van der Waals surface area contributed by atoms with E-state index >= 15 is 0 Å². The van der Waals surface area contributed by atoms with Crippen molar-refractivity contribution in [3.05, 3.63) is 54.1 Å². The van der Waals surface area contributed by atoms with Gasteiger partial charge in [-0.3, -0.25) is 9.52 Å². The second-order valence-electron chi connectivity index (χ2n) is 6.87. The molecule has 0 spiro atoms. The molecule has 2 aromatic rings. The highest BCUT2D eigenvalue weighted by atomic mass is 32.2. The highest BCUT2D eigenvalue weighted by Crippen LogP contribution is 2.23. The van der Waals surface area contributed by atoms with Gasteiger partial charge < -0.3 is 14.5 Å². The summed E-state index contributed by atoms with van der Waals surface area (Å²) >= 11 is 0. The SMILES string of the molecule is Cc1cc(S(=O)(=O)Nc2ccccc2)ccc1OCC(=O)N1CCN(C)CC1. The third kappa shape index (κ3) is 5.02. The predicted molar refractivity (Wildman–Crippen MR) is 108 cm³/mol. The number of hydrogen-bond donors (Lipinski definition) is 1. The van der Waals surface area contributed by atoms with Gasteiger partial charge in [0.25, 0.3) is 15.9 Å². The van der Waals surface area contributed by atoms with Gasteiger partial charge in [0, 0.05) is 31.9 Å². The van der Waals surface area contributed by atoms with Crippen molar-refractivity contribution >= 4 is 21.6 Å². The first kappa shape index (κ1) is 20.2. The number of benzene rings is 2. The Labute approximate surface area is 166 Å². The van der Waals surface area contributed by atoms with Gasteiger partial charge in [0.15, 0.2) is 6.61 Å². The van der Waals surface area contributed by atoms with Crippen molar-refractivity contribution in [1.82, 2.24) is 9.80 Å². The Kier molecular flexibility index (Phi) is 6.21. The molecule has 1 aliphatic heterocycles. The number of carbonyl (C=O) groups is 1. The normalized spacial score (nSPS) is 15.3. The molecule has 3 rings (SSSR count). The first-order valence-electron chi connectivity index (χ1n) is 9.13. The molecule has 0 saturated carbocycles. The zero-order valence-corrected chi connectivity index (χ0v) is 16.9. The molecule has 7 nitrogen and oxygen atoms in total. The van der Waals surface area contributed by atoms with E-state index in [9.17, 15) is 13.2 Å². The summed E-state index contributed by atoms with van der Waals surface area (Å²) in [5.74, 6) is 0.441. The Hall–Kier alpha value is -2.58. The summed E-state index contributed by atoms with van der Waals surface area (Å²) in [6, 6.07) is 13.3. The maximum atomic E-state index is 12.5. The van der Waals surface area contributed by atoms with Gasteiger partial charge >= 0.3 is 0 Å². The minimum atomic E-state index is -3.69. The molecule has 8 heteroatoms. The van der Waals surface area contributed by atoms with Crippen molar-refractivity contribution in [2.45, 2.75) is 11.8 Å². The van der Waals surface area contributed by atoms with Crippen LogP contribution in [0.2, 0.25) is 0 Å². The average Bonchev–Trinajstić information content (AvgIpc) is 2.67. The van der Waals surface area contributed by atoms with Gasteiger partial charge in [-0.15, -0.1) is 0 Å². The average molecular weight is 404 g/mol. The third-order valence-electron chi connectivity index (χ3n) is 4.69. The minimum absolute atomic E-state index is 0.0566. The number of amides is 1. The van der Waals surface area contributed by atoms with Gasteiger partial charge in [0.2, 0.25) is 0 Å².